The molecule has 4 rings (SSSR count). The van der Waals surface area contributed by atoms with Crippen LogP contribution in [-0.2, 0) is 11.2 Å². The minimum absolute atomic E-state index is 0.101. The highest BCUT2D eigenvalue weighted by molar-refractivity contribution is 6.30. The molecule has 152 valence electrons. The molecule has 3 amide bonds. The highest BCUT2D eigenvalue weighted by Gasteiger charge is 2.32. The molecule has 0 aliphatic carbocycles. The molecular weight excluding hydrogens is 400 g/mol. The van der Waals surface area contributed by atoms with E-state index in [1.165, 1.54) is 4.90 Å². The van der Waals surface area contributed by atoms with Gasteiger partial charge in [-0.2, -0.15) is 0 Å². The van der Waals surface area contributed by atoms with Crippen molar-refractivity contribution in [2.24, 2.45) is 0 Å². The topological polar surface area (TPSA) is 66.5 Å². The third-order valence-corrected chi connectivity index (χ3v) is 5.50. The fraction of sp³-hybridized carbons (Fsp3) is 0.208. The van der Waals surface area contributed by atoms with Crippen LogP contribution in [0.3, 0.4) is 0 Å². The van der Waals surface area contributed by atoms with E-state index in [1.54, 1.807) is 12.1 Å². The molecule has 1 aliphatic rings. The maximum atomic E-state index is 12.8. The van der Waals surface area contributed by atoms with Gasteiger partial charge in [0.1, 0.15) is 0 Å². The number of hydrogen-bond acceptors (Lipinski definition) is 3. The number of hydrogen-bond donors (Lipinski definition) is 1. The number of amides is 3. The van der Waals surface area contributed by atoms with Gasteiger partial charge >= 0.3 is 0 Å². The van der Waals surface area contributed by atoms with Gasteiger partial charge in [0.15, 0.2) is 0 Å². The zero-order valence-corrected chi connectivity index (χ0v) is 17.1. The second-order valence-corrected chi connectivity index (χ2v) is 7.74. The molecule has 1 N–H and O–H groups in total. The standard InChI is InChI=1S/C24H21ClN2O3/c25-18-8-1-5-16(15-18)12-13-26-21(28)11-4-14-27-23(29)19-9-2-6-17-7-3-10-20(22(17)19)24(27)30/h1-3,5-10,15H,4,11-14H2,(H,26,28). The molecule has 0 bridgehead atoms. The fourth-order valence-corrected chi connectivity index (χ4v) is 4.02. The second kappa shape index (κ2) is 8.67. The predicted molar refractivity (Wildman–Crippen MR) is 117 cm³/mol. The molecule has 0 aromatic heterocycles. The van der Waals surface area contributed by atoms with E-state index in [9.17, 15) is 14.4 Å². The number of nitrogens with zero attached hydrogens (tertiary/aromatic N) is 1. The van der Waals surface area contributed by atoms with Crippen molar-refractivity contribution in [3.05, 3.63) is 82.4 Å². The lowest BCUT2D eigenvalue weighted by atomic mass is 9.94. The van der Waals surface area contributed by atoms with Gasteiger partial charge in [-0.1, -0.05) is 48.0 Å². The average molecular weight is 421 g/mol. The summed E-state index contributed by atoms with van der Waals surface area (Å²) in [5, 5.41) is 5.14. The summed E-state index contributed by atoms with van der Waals surface area (Å²) in [5.41, 5.74) is 2.13. The molecule has 0 radical (unpaired) electrons. The quantitative estimate of drug-likeness (QED) is 0.582. The van der Waals surface area contributed by atoms with E-state index in [4.69, 9.17) is 11.6 Å². The van der Waals surface area contributed by atoms with Crippen LogP contribution in [0.4, 0.5) is 0 Å². The zero-order valence-electron chi connectivity index (χ0n) is 16.4. The molecule has 1 aliphatic heterocycles. The summed E-state index contributed by atoms with van der Waals surface area (Å²) in [6.45, 7) is 0.722. The molecule has 0 saturated heterocycles. The Morgan fingerprint density at radius 2 is 1.60 bits per heavy atom. The van der Waals surface area contributed by atoms with Gasteiger partial charge in [0.25, 0.3) is 11.8 Å². The maximum absolute atomic E-state index is 12.8. The highest BCUT2D eigenvalue weighted by Crippen LogP contribution is 2.30. The number of imide groups is 1. The normalized spacial score (nSPS) is 13.0. The van der Waals surface area contributed by atoms with E-state index in [2.05, 4.69) is 5.32 Å². The molecule has 3 aromatic rings. The second-order valence-electron chi connectivity index (χ2n) is 7.30. The summed E-state index contributed by atoms with van der Waals surface area (Å²) in [5.74, 6) is -0.701. The van der Waals surface area contributed by atoms with Crippen molar-refractivity contribution in [2.45, 2.75) is 19.3 Å². The Labute approximate surface area is 179 Å². The van der Waals surface area contributed by atoms with E-state index in [-0.39, 0.29) is 30.7 Å². The van der Waals surface area contributed by atoms with Crippen LogP contribution in [0.1, 0.15) is 39.1 Å². The van der Waals surface area contributed by atoms with Gasteiger partial charge in [0.2, 0.25) is 5.91 Å². The zero-order chi connectivity index (χ0) is 21.1. The Balaban J connectivity index is 1.31. The predicted octanol–water partition coefficient (Wildman–Crippen LogP) is 4.23. The molecule has 0 atom stereocenters. The molecule has 6 heteroatoms. The summed E-state index contributed by atoms with van der Waals surface area (Å²) in [7, 11) is 0. The van der Waals surface area contributed by atoms with Crippen LogP contribution < -0.4 is 5.32 Å². The fourth-order valence-electron chi connectivity index (χ4n) is 3.81. The first-order valence-electron chi connectivity index (χ1n) is 9.93. The van der Waals surface area contributed by atoms with Crippen molar-refractivity contribution in [1.82, 2.24) is 10.2 Å². The molecule has 0 fully saturated rings. The first-order chi connectivity index (χ1) is 14.5. The SMILES string of the molecule is O=C(CCCN1C(=O)c2cccc3cccc(c23)C1=O)NCCc1cccc(Cl)c1. The van der Waals surface area contributed by atoms with Crippen LogP contribution in [0, 0.1) is 0 Å². The molecule has 5 nitrogen and oxygen atoms in total. The molecule has 1 heterocycles. The van der Waals surface area contributed by atoms with Crippen LogP contribution in [0.15, 0.2) is 60.7 Å². The maximum Gasteiger partial charge on any atom is 0.261 e. The number of carbonyl (C=O) groups is 3. The average Bonchev–Trinajstić information content (AvgIpc) is 2.74. The number of rotatable bonds is 7. The van der Waals surface area contributed by atoms with E-state index in [1.807, 2.05) is 48.5 Å². The Bertz CT molecular complexity index is 1090. The van der Waals surface area contributed by atoms with E-state index in [0.717, 1.165) is 10.9 Å². The Morgan fingerprint density at radius 1 is 0.933 bits per heavy atom. The lowest BCUT2D eigenvalue weighted by Crippen LogP contribution is -2.41. The Hall–Kier alpha value is -3.18. The van der Waals surface area contributed by atoms with E-state index < -0.39 is 0 Å². The Morgan fingerprint density at radius 3 is 2.27 bits per heavy atom. The minimum Gasteiger partial charge on any atom is -0.356 e. The van der Waals surface area contributed by atoms with Gasteiger partial charge in [-0.25, -0.2) is 0 Å². The van der Waals surface area contributed by atoms with Gasteiger partial charge in [-0.05, 0) is 48.1 Å². The third kappa shape index (κ3) is 4.07. The number of benzene rings is 3. The number of carbonyl (C=O) groups excluding carboxylic acids is 3. The molecular formula is C24H21ClN2O3. The van der Waals surface area contributed by atoms with Crippen molar-refractivity contribution in [2.75, 3.05) is 13.1 Å². The lowest BCUT2D eigenvalue weighted by molar-refractivity contribution is -0.121. The number of nitrogens with one attached hydrogen (secondary N) is 1. The number of halogens is 1. The molecule has 3 aromatic carbocycles. The van der Waals surface area contributed by atoms with Crippen LogP contribution >= 0.6 is 11.6 Å². The molecule has 0 unspecified atom stereocenters. The van der Waals surface area contributed by atoms with Gasteiger partial charge < -0.3 is 5.32 Å². The van der Waals surface area contributed by atoms with Crippen LogP contribution in [-0.4, -0.2) is 35.7 Å². The van der Waals surface area contributed by atoms with Crippen molar-refractivity contribution in [3.8, 4) is 0 Å². The van der Waals surface area contributed by atoms with Crippen molar-refractivity contribution >= 4 is 40.1 Å². The van der Waals surface area contributed by atoms with Gasteiger partial charge in [0, 0.05) is 41.0 Å². The van der Waals surface area contributed by atoms with Crippen molar-refractivity contribution < 1.29 is 14.4 Å². The first-order valence-corrected chi connectivity index (χ1v) is 10.3. The molecule has 0 spiro atoms. The highest BCUT2D eigenvalue weighted by atomic mass is 35.5. The summed E-state index contributed by atoms with van der Waals surface area (Å²) in [6.07, 6.45) is 1.35. The van der Waals surface area contributed by atoms with Gasteiger partial charge in [-0.3, -0.25) is 19.3 Å². The summed E-state index contributed by atoms with van der Waals surface area (Å²) >= 11 is 5.96. The van der Waals surface area contributed by atoms with Crippen LogP contribution in [0.25, 0.3) is 10.8 Å². The monoisotopic (exact) mass is 420 g/mol. The van der Waals surface area contributed by atoms with Gasteiger partial charge in [0.05, 0.1) is 0 Å². The largest absolute Gasteiger partial charge is 0.356 e. The van der Waals surface area contributed by atoms with Crippen LogP contribution in [0.5, 0.6) is 0 Å². The summed E-state index contributed by atoms with van der Waals surface area (Å²) < 4.78 is 0. The smallest absolute Gasteiger partial charge is 0.261 e. The lowest BCUT2D eigenvalue weighted by Gasteiger charge is -2.27. The van der Waals surface area contributed by atoms with Gasteiger partial charge in [-0.15, -0.1) is 0 Å². The summed E-state index contributed by atoms with van der Waals surface area (Å²) in [6, 6.07) is 18.5. The van der Waals surface area contributed by atoms with Crippen molar-refractivity contribution in [3.63, 3.8) is 0 Å². The van der Waals surface area contributed by atoms with Crippen molar-refractivity contribution in [1.29, 1.82) is 0 Å². The third-order valence-electron chi connectivity index (χ3n) is 5.27. The van der Waals surface area contributed by atoms with E-state index in [0.29, 0.717) is 40.9 Å². The van der Waals surface area contributed by atoms with Crippen LogP contribution in [0.2, 0.25) is 5.02 Å². The minimum atomic E-state index is -0.300. The molecule has 0 saturated carbocycles. The van der Waals surface area contributed by atoms with E-state index >= 15 is 0 Å². The Kier molecular flexibility index (Phi) is 5.81. The first kappa shape index (κ1) is 20.1. The molecule has 30 heavy (non-hydrogen) atoms. The summed E-state index contributed by atoms with van der Waals surface area (Å²) in [4.78, 5) is 39.1.